The third-order valence-corrected chi connectivity index (χ3v) is 4.60. The van der Waals surface area contributed by atoms with Crippen LogP contribution in [-0.4, -0.2) is 11.1 Å². The first-order valence-corrected chi connectivity index (χ1v) is 9.13. The number of nitrogens with zero attached hydrogens (tertiary/aromatic N) is 1. The Morgan fingerprint density at radius 3 is 2.26 bits per heavy atom. The van der Waals surface area contributed by atoms with Crippen LogP contribution < -0.4 is 10.2 Å². The number of anilines is 2. The van der Waals surface area contributed by atoms with Crippen LogP contribution in [0.25, 0.3) is 0 Å². The number of amides is 2. The molecule has 138 valence electrons. The van der Waals surface area contributed by atoms with E-state index >= 15 is 0 Å². The van der Waals surface area contributed by atoms with Crippen LogP contribution in [0.1, 0.15) is 5.56 Å². The highest BCUT2D eigenvalue weighted by Gasteiger charge is 2.19. The highest BCUT2D eigenvalue weighted by molar-refractivity contribution is 6.35. The first kappa shape index (κ1) is 19.4. The normalized spacial score (nSPS) is 10.5. The molecule has 0 aliphatic rings. The van der Waals surface area contributed by atoms with Crippen LogP contribution in [0.2, 0.25) is 15.1 Å². The second kappa shape index (κ2) is 8.53. The molecule has 0 radical (unpaired) electrons. The number of halogens is 3. The van der Waals surface area contributed by atoms with Crippen LogP contribution in [-0.2, 0) is 6.54 Å². The molecule has 0 aromatic heterocycles. The Bertz CT molecular complexity index is 947. The Hall–Kier alpha value is -2.40. The van der Waals surface area contributed by atoms with Crippen molar-refractivity contribution in [2.75, 3.05) is 10.2 Å². The molecule has 0 bridgehead atoms. The summed E-state index contributed by atoms with van der Waals surface area (Å²) >= 11 is 18.0. The van der Waals surface area contributed by atoms with Crippen molar-refractivity contribution in [1.82, 2.24) is 0 Å². The number of rotatable bonds is 4. The second-order valence-corrected chi connectivity index (χ2v) is 7.03. The van der Waals surface area contributed by atoms with Crippen LogP contribution in [0.5, 0.6) is 5.75 Å². The number of carbonyl (C=O) groups excluding carboxylic acids is 1. The molecule has 2 amide bonds. The van der Waals surface area contributed by atoms with Gasteiger partial charge in [-0.05, 0) is 48.5 Å². The molecule has 0 aliphatic heterocycles. The van der Waals surface area contributed by atoms with Crippen molar-refractivity contribution in [3.8, 4) is 5.75 Å². The highest BCUT2D eigenvalue weighted by Crippen LogP contribution is 2.33. The molecule has 0 saturated carbocycles. The topological polar surface area (TPSA) is 52.6 Å². The van der Waals surface area contributed by atoms with Gasteiger partial charge in [0.1, 0.15) is 5.75 Å². The Morgan fingerprint density at radius 1 is 0.926 bits per heavy atom. The van der Waals surface area contributed by atoms with Crippen molar-refractivity contribution in [3.05, 3.63) is 87.4 Å². The van der Waals surface area contributed by atoms with E-state index < -0.39 is 0 Å². The zero-order valence-corrected chi connectivity index (χ0v) is 16.3. The molecule has 3 aromatic carbocycles. The molecule has 3 rings (SSSR count). The monoisotopic (exact) mass is 420 g/mol. The lowest BCUT2D eigenvalue weighted by Gasteiger charge is -2.24. The number of aromatic hydroxyl groups is 1. The van der Waals surface area contributed by atoms with E-state index in [1.165, 1.54) is 11.0 Å². The number of hydrogen-bond donors (Lipinski definition) is 2. The minimum absolute atomic E-state index is 0.0619. The van der Waals surface area contributed by atoms with Crippen LogP contribution in [0.3, 0.4) is 0 Å². The van der Waals surface area contributed by atoms with Crippen LogP contribution in [0.4, 0.5) is 16.2 Å². The van der Waals surface area contributed by atoms with E-state index in [0.29, 0.717) is 27.0 Å². The fourth-order valence-electron chi connectivity index (χ4n) is 2.52. The van der Waals surface area contributed by atoms with Crippen molar-refractivity contribution in [1.29, 1.82) is 0 Å². The lowest BCUT2D eigenvalue weighted by atomic mass is 10.1. The summed E-state index contributed by atoms with van der Waals surface area (Å²) in [6.07, 6.45) is 0. The van der Waals surface area contributed by atoms with Crippen LogP contribution >= 0.6 is 34.8 Å². The first-order valence-electron chi connectivity index (χ1n) is 8.00. The lowest BCUT2D eigenvalue weighted by Crippen LogP contribution is -2.34. The maximum atomic E-state index is 12.9. The number of carbonyl (C=O) groups is 1. The Balaban J connectivity index is 1.95. The minimum Gasteiger partial charge on any atom is -0.506 e. The van der Waals surface area contributed by atoms with Crippen LogP contribution in [0.15, 0.2) is 66.7 Å². The molecular formula is C20H15Cl3N2O2. The largest absolute Gasteiger partial charge is 0.506 e. The van der Waals surface area contributed by atoms with Gasteiger partial charge in [0.05, 0.1) is 11.6 Å². The summed E-state index contributed by atoms with van der Waals surface area (Å²) in [6.45, 7) is 0.0619. The Kier molecular flexibility index (Phi) is 6.11. The van der Waals surface area contributed by atoms with Gasteiger partial charge in [0.25, 0.3) is 0 Å². The predicted molar refractivity (Wildman–Crippen MR) is 111 cm³/mol. The number of urea groups is 1. The van der Waals surface area contributed by atoms with Gasteiger partial charge in [0.2, 0.25) is 0 Å². The standard InChI is InChI=1S/C20H15Cl3N2O2/c21-14-6-8-17(9-7-14)25(20(27)24-16-4-2-1-3-5-16)12-13-10-15(22)11-18(23)19(13)26/h1-11,26H,12H2,(H,24,27). The molecule has 3 aromatic rings. The Labute approximate surface area is 171 Å². The number of phenols is 1. The first-order chi connectivity index (χ1) is 12.9. The molecule has 7 heteroatoms. The maximum Gasteiger partial charge on any atom is 0.326 e. The lowest BCUT2D eigenvalue weighted by molar-refractivity contribution is 0.256. The minimum atomic E-state index is -0.376. The van der Waals surface area contributed by atoms with Crippen molar-refractivity contribution in [2.45, 2.75) is 6.54 Å². The maximum absolute atomic E-state index is 12.9. The summed E-state index contributed by atoms with van der Waals surface area (Å²) in [6, 6.07) is 18.5. The van der Waals surface area contributed by atoms with E-state index in [-0.39, 0.29) is 23.3 Å². The smallest absolute Gasteiger partial charge is 0.326 e. The molecular weight excluding hydrogens is 407 g/mol. The summed E-state index contributed by atoms with van der Waals surface area (Å²) in [5, 5.41) is 14.1. The van der Waals surface area contributed by atoms with Gasteiger partial charge in [0, 0.05) is 27.0 Å². The third kappa shape index (κ3) is 4.86. The molecule has 0 atom stereocenters. The van der Waals surface area contributed by atoms with E-state index in [0.717, 1.165) is 0 Å². The molecule has 0 heterocycles. The van der Waals surface area contributed by atoms with Gasteiger partial charge in [-0.25, -0.2) is 4.79 Å². The van der Waals surface area contributed by atoms with Gasteiger partial charge >= 0.3 is 6.03 Å². The van der Waals surface area contributed by atoms with Crippen LogP contribution in [0, 0.1) is 0 Å². The van der Waals surface area contributed by atoms with E-state index in [1.807, 2.05) is 18.2 Å². The third-order valence-electron chi connectivity index (χ3n) is 3.84. The molecule has 0 saturated heterocycles. The zero-order valence-electron chi connectivity index (χ0n) is 14.0. The molecule has 4 nitrogen and oxygen atoms in total. The predicted octanol–water partition coefficient (Wildman–Crippen LogP) is 6.59. The molecule has 0 fully saturated rings. The highest BCUT2D eigenvalue weighted by atomic mass is 35.5. The second-order valence-electron chi connectivity index (χ2n) is 5.75. The number of benzene rings is 3. The summed E-state index contributed by atoms with van der Waals surface area (Å²) < 4.78 is 0. The average molecular weight is 422 g/mol. The van der Waals surface area contributed by atoms with Gasteiger partial charge in [-0.15, -0.1) is 0 Å². The van der Waals surface area contributed by atoms with Crippen molar-refractivity contribution in [3.63, 3.8) is 0 Å². The Morgan fingerprint density at radius 2 is 1.59 bits per heavy atom. The van der Waals surface area contributed by atoms with Gasteiger partial charge < -0.3 is 10.4 Å². The van der Waals surface area contributed by atoms with Gasteiger partial charge in [-0.2, -0.15) is 0 Å². The van der Waals surface area contributed by atoms with E-state index in [1.54, 1.807) is 42.5 Å². The molecule has 2 N–H and O–H groups in total. The van der Waals surface area contributed by atoms with Crippen molar-refractivity contribution < 1.29 is 9.90 Å². The molecule has 0 unspecified atom stereocenters. The molecule has 0 aliphatic carbocycles. The number of phenolic OH excluding ortho intramolecular Hbond substituents is 1. The molecule has 0 spiro atoms. The van der Waals surface area contributed by atoms with E-state index in [9.17, 15) is 9.90 Å². The van der Waals surface area contributed by atoms with E-state index in [4.69, 9.17) is 34.8 Å². The summed E-state index contributed by atoms with van der Waals surface area (Å²) in [5.41, 5.74) is 1.67. The van der Waals surface area contributed by atoms with Crippen molar-refractivity contribution >= 4 is 52.2 Å². The summed E-state index contributed by atoms with van der Waals surface area (Å²) in [4.78, 5) is 14.4. The quantitative estimate of drug-likeness (QED) is 0.499. The number of hydrogen-bond acceptors (Lipinski definition) is 2. The van der Waals surface area contributed by atoms with Gasteiger partial charge in [-0.1, -0.05) is 53.0 Å². The van der Waals surface area contributed by atoms with E-state index in [2.05, 4.69) is 5.32 Å². The summed E-state index contributed by atoms with van der Waals surface area (Å²) in [7, 11) is 0. The molecule has 27 heavy (non-hydrogen) atoms. The fraction of sp³-hybridized carbons (Fsp3) is 0.0500. The fourth-order valence-corrected chi connectivity index (χ4v) is 3.19. The van der Waals surface area contributed by atoms with Gasteiger partial charge in [0.15, 0.2) is 0 Å². The SMILES string of the molecule is O=C(Nc1ccccc1)N(Cc1cc(Cl)cc(Cl)c1O)c1ccc(Cl)cc1. The summed E-state index contributed by atoms with van der Waals surface area (Å²) in [5.74, 6) is -0.118. The van der Waals surface area contributed by atoms with Gasteiger partial charge in [-0.3, -0.25) is 4.90 Å². The average Bonchev–Trinajstić information content (AvgIpc) is 2.65. The number of nitrogens with one attached hydrogen (secondary N) is 1. The van der Waals surface area contributed by atoms with Crippen molar-refractivity contribution in [2.24, 2.45) is 0 Å². The number of para-hydroxylation sites is 1. The zero-order chi connectivity index (χ0) is 19.4.